The zero-order valence-electron chi connectivity index (χ0n) is 9.13. The molecule has 3 heteroatoms. The van der Waals surface area contributed by atoms with Crippen LogP contribution in [0.25, 0.3) is 0 Å². The van der Waals surface area contributed by atoms with E-state index in [1.807, 2.05) is 13.8 Å². The first-order valence-corrected chi connectivity index (χ1v) is 5.22. The fraction of sp³-hybridized carbons (Fsp3) is 0.727. The van der Waals surface area contributed by atoms with E-state index in [1.165, 1.54) is 0 Å². The third-order valence-electron chi connectivity index (χ3n) is 2.34. The van der Waals surface area contributed by atoms with Gasteiger partial charge in [0.25, 0.3) is 0 Å². The summed E-state index contributed by atoms with van der Waals surface area (Å²) in [6, 6.07) is 0. The predicted octanol–water partition coefficient (Wildman–Crippen LogP) is 2.41. The maximum absolute atomic E-state index is 11.5. The van der Waals surface area contributed by atoms with Gasteiger partial charge in [0.15, 0.2) is 0 Å². The Bertz CT molecular complexity index is 243. The molecule has 1 heterocycles. The van der Waals surface area contributed by atoms with Crippen molar-refractivity contribution in [1.29, 1.82) is 0 Å². The summed E-state index contributed by atoms with van der Waals surface area (Å²) in [6.07, 6.45) is 2.65. The second-order valence-corrected chi connectivity index (χ2v) is 3.52. The van der Waals surface area contributed by atoms with E-state index in [-0.39, 0.29) is 12.1 Å². The number of hydrogen-bond donors (Lipinski definition) is 0. The number of allylic oxidation sites excluding steroid dienone is 1. The summed E-state index contributed by atoms with van der Waals surface area (Å²) in [5, 5.41) is 0. The minimum Gasteiger partial charge on any atom is -0.494 e. The predicted molar refractivity (Wildman–Crippen MR) is 53.7 cm³/mol. The lowest BCUT2D eigenvalue weighted by molar-refractivity contribution is -0.139. The van der Waals surface area contributed by atoms with Crippen LogP contribution in [-0.2, 0) is 14.3 Å². The number of rotatable bonds is 4. The minimum absolute atomic E-state index is 0.166. The zero-order valence-corrected chi connectivity index (χ0v) is 9.13. The van der Waals surface area contributed by atoms with Crippen LogP contribution in [0.1, 0.15) is 40.0 Å². The Balaban J connectivity index is 2.51. The highest BCUT2D eigenvalue weighted by Crippen LogP contribution is 2.27. The van der Waals surface area contributed by atoms with Gasteiger partial charge in [-0.05, 0) is 19.8 Å². The SMILES string of the molecule is CCCOC(=O)C1=C(C)OC(CC)C1. The maximum Gasteiger partial charge on any atom is 0.337 e. The van der Waals surface area contributed by atoms with Crippen molar-refractivity contribution in [3.8, 4) is 0 Å². The molecule has 0 saturated heterocycles. The molecular weight excluding hydrogens is 180 g/mol. The Labute approximate surface area is 85.1 Å². The normalized spacial score (nSPS) is 20.9. The number of ether oxygens (including phenoxy) is 2. The van der Waals surface area contributed by atoms with Crippen molar-refractivity contribution >= 4 is 5.97 Å². The summed E-state index contributed by atoms with van der Waals surface area (Å²) < 4.78 is 10.6. The molecule has 0 aromatic heterocycles. The quantitative estimate of drug-likeness (QED) is 0.651. The molecule has 14 heavy (non-hydrogen) atoms. The van der Waals surface area contributed by atoms with Gasteiger partial charge in [-0.1, -0.05) is 13.8 Å². The average Bonchev–Trinajstić information content (AvgIpc) is 2.56. The van der Waals surface area contributed by atoms with Gasteiger partial charge in [0, 0.05) is 6.42 Å². The van der Waals surface area contributed by atoms with E-state index in [2.05, 4.69) is 6.92 Å². The first-order chi connectivity index (χ1) is 6.69. The summed E-state index contributed by atoms with van der Waals surface area (Å²) in [7, 11) is 0. The fourth-order valence-corrected chi connectivity index (χ4v) is 1.47. The number of carbonyl (C=O) groups is 1. The van der Waals surface area contributed by atoms with Gasteiger partial charge in [-0.15, -0.1) is 0 Å². The van der Waals surface area contributed by atoms with Crippen LogP contribution >= 0.6 is 0 Å². The lowest BCUT2D eigenvalue weighted by atomic mass is 10.1. The second kappa shape index (κ2) is 5.03. The number of carbonyl (C=O) groups excluding carboxylic acids is 1. The van der Waals surface area contributed by atoms with Crippen LogP contribution in [0.4, 0.5) is 0 Å². The van der Waals surface area contributed by atoms with Crippen LogP contribution in [0.5, 0.6) is 0 Å². The van der Waals surface area contributed by atoms with Crippen LogP contribution in [0, 0.1) is 0 Å². The standard InChI is InChI=1S/C11H18O3/c1-4-6-13-11(12)10-7-9(5-2)14-8(10)3/h9H,4-7H2,1-3H3. The minimum atomic E-state index is -0.208. The molecule has 0 fully saturated rings. The van der Waals surface area contributed by atoms with E-state index in [4.69, 9.17) is 9.47 Å². The third-order valence-corrected chi connectivity index (χ3v) is 2.34. The van der Waals surface area contributed by atoms with Gasteiger partial charge in [0.05, 0.1) is 12.2 Å². The van der Waals surface area contributed by atoms with Crippen molar-refractivity contribution in [3.63, 3.8) is 0 Å². The number of esters is 1. The largest absolute Gasteiger partial charge is 0.494 e. The van der Waals surface area contributed by atoms with Gasteiger partial charge < -0.3 is 9.47 Å². The molecule has 0 aromatic carbocycles. The van der Waals surface area contributed by atoms with E-state index in [0.29, 0.717) is 18.6 Å². The highest BCUT2D eigenvalue weighted by atomic mass is 16.5. The highest BCUT2D eigenvalue weighted by molar-refractivity contribution is 5.89. The van der Waals surface area contributed by atoms with Crippen molar-refractivity contribution in [2.24, 2.45) is 0 Å². The van der Waals surface area contributed by atoms with Crippen molar-refractivity contribution in [2.75, 3.05) is 6.61 Å². The zero-order chi connectivity index (χ0) is 10.6. The molecule has 80 valence electrons. The van der Waals surface area contributed by atoms with E-state index < -0.39 is 0 Å². The molecule has 1 unspecified atom stereocenters. The van der Waals surface area contributed by atoms with Crippen LogP contribution in [0.2, 0.25) is 0 Å². The first kappa shape index (κ1) is 11.1. The van der Waals surface area contributed by atoms with Crippen LogP contribution in [0.3, 0.4) is 0 Å². The summed E-state index contributed by atoms with van der Waals surface area (Å²) in [6.45, 7) is 6.36. The Morgan fingerprint density at radius 1 is 1.57 bits per heavy atom. The van der Waals surface area contributed by atoms with Crippen LogP contribution in [0.15, 0.2) is 11.3 Å². The van der Waals surface area contributed by atoms with Crippen molar-refractivity contribution in [1.82, 2.24) is 0 Å². The van der Waals surface area contributed by atoms with E-state index in [9.17, 15) is 4.79 Å². The highest BCUT2D eigenvalue weighted by Gasteiger charge is 2.27. The topological polar surface area (TPSA) is 35.5 Å². The smallest absolute Gasteiger partial charge is 0.337 e. The molecule has 0 amide bonds. The third kappa shape index (κ3) is 2.50. The molecule has 0 saturated carbocycles. The molecule has 0 N–H and O–H groups in total. The molecule has 3 nitrogen and oxygen atoms in total. The molecule has 1 atom stereocenters. The Hall–Kier alpha value is -0.990. The molecule has 1 aliphatic heterocycles. The lowest BCUT2D eigenvalue weighted by Gasteiger charge is -2.06. The monoisotopic (exact) mass is 198 g/mol. The van der Waals surface area contributed by atoms with E-state index >= 15 is 0 Å². The Morgan fingerprint density at radius 2 is 2.29 bits per heavy atom. The van der Waals surface area contributed by atoms with Crippen molar-refractivity contribution in [2.45, 2.75) is 46.1 Å². The van der Waals surface area contributed by atoms with Crippen molar-refractivity contribution in [3.05, 3.63) is 11.3 Å². The fourth-order valence-electron chi connectivity index (χ4n) is 1.47. The molecule has 1 rings (SSSR count). The molecule has 0 aliphatic carbocycles. The van der Waals surface area contributed by atoms with Gasteiger partial charge >= 0.3 is 5.97 Å². The summed E-state index contributed by atoms with van der Waals surface area (Å²) in [4.78, 5) is 11.5. The molecule has 0 aromatic rings. The maximum atomic E-state index is 11.5. The van der Waals surface area contributed by atoms with E-state index in [0.717, 1.165) is 18.6 Å². The summed E-state index contributed by atoms with van der Waals surface area (Å²) in [5.41, 5.74) is 0.713. The molecule has 0 bridgehead atoms. The van der Waals surface area contributed by atoms with Gasteiger partial charge in [-0.25, -0.2) is 4.79 Å². The first-order valence-electron chi connectivity index (χ1n) is 5.22. The Morgan fingerprint density at radius 3 is 2.79 bits per heavy atom. The van der Waals surface area contributed by atoms with Gasteiger partial charge in [0.2, 0.25) is 0 Å². The number of hydrogen-bond acceptors (Lipinski definition) is 3. The average molecular weight is 198 g/mol. The van der Waals surface area contributed by atoms with Crippen LogP contribution in [-0.4, -0.2) is 18.7 Å². The van der Waals surface area contributed by atoms with E-state index in [1.54, 1.807) is 0 Å². The lowest BCUT2D eigenvalue weighted by Crippen LogP contribution is -2.10. The van der Waals surface area contributed by atoms with Crippen LogP contribution < -0.4 is 0 Å². The second-order valence-electron chi connectivity index (χ2n) is 3.52. The van der Waals surface area contributed by atoms with Crippen molar-refractivity contribution < 1.29 is 14.3 Å². The van der Waals surface area contributed by atoms with Gasteiger partial charge in [0.1, 0.15) is 11.9 Å². The molecule has 1 aliphatic rings. The molecular formula is C11H18O3. The molecule has 0 radical (unpaired) electrons. The Kier molecular flexibility index (Phi) is 3.98. The van der Waals surface area contributed by atoms with Gasteiger partial charge in [-0.2, -0.15) is 0 Å². The van der Waals surface area contributed by atoms with Gasteiger partial charge in [-0.3, -0.25) is 0 Å². The molecule has 0 spiro atoms. The summed E-state index contributed by atoms with van der Waals surface area (Å²) >= 11 is 0. The summed E-state index contributed by atoms with van der Waals surface area (Å²) in [5.74, 6) is 0.526.